The Balaban J connectivity index is 1.56. The summed E-state index contributed by atoms with van der Waals surface area (Å²) in [7, 11) is 1.79. The van der Waals surface area contributed by atoms with Crippen molar-refractivity contribution in [2.45, 2.75) is 26.5 Å². The Morgan fingerprint density at radius 1 is 1.12 bits per heavy atom. The van der Waals surface area contributed by atoms with Gasteiger partial charge in [-0.15, -0.1) is 0 Å². The van der Waals surface area contributed by atoms with Crippen molar-refractivity contribution in [3.8, 4) is 17.0 Å². The first-order valence-electron chi connectivity index (χ1n) is 11.2. The number of hydrogen-bond donors (Lipinski definition) is 1. The lowest BCUT2D eigenvalue weighted by Crippen LogP contribution is -2.45. The number of amides is 1. The van der Waals surface area contributed by atoms with Gasteiger partial charge in [0.05, 0.1) is 17.1 Å². The highest BCUT2D eigenvalue weighted by atomic mass is 16.5. The molecule has 1 unspecified atom stereocenters. The van der Waals surface area contributed by atoms with Crippen molar-refractivity contribution in [3.63, 3.8) is 0 Å². The van der Waals surface area contributed by atoms with Crippen LogP contribution in [0.3, 0.4) is 0 Å². The highest BCUT2D eigenvalue weighted by molar-refractivity contribution is 6.00. The van der Waals surface area contributed by atoms with Crippen LogP contribution in [0.2, 0.25) is 0 Å². The molecule has 168 valence electrons. The summed E-state index contributed by atoms with van der Waals surface area (Å²) in [6.07, 6.45) is 1.47. The van der Waals surface area contributed by atoms with Gasteiger partial charge in [0, 0.05) is 57.2 Å². The average Bonchev–Trinajstić information content (AvgIpc) is 3.15. The minimum Gasteiger partial charge on any atom is -0.479 e. The van der Waals surface area contributed by atoms with E-state index in [1.165, 1.54) is 0 Å². The van der Waals surface area contributed by atoms with E-state index in [9.17, 15) is 4.79 Å². The lowest BCUT2D eigenvalue weighted by molar-refractivity contribution is -0.125. The van der Waals surface area contributed by atoms with E-state index in [1.807, 2.05) is 36.5 Å². The van der Waals surface area contributed by atoms with Crippen LogP contribution in [0, 0.1) is 0 Å². The number of rotatable bonds is 4. The number of anilines is 2. The van der Waals surface area contributed by atoms with Crippen LogP contribution >= 0.6 is 0 Å². The van der Waals surface area contributed by atoms with Crippen molar-refractivity contribution in [1.82, 2.24) is 19.2 Å². The topological polar surface area (TPSA) is 79.3 Å². The molecular weight excluding hydrogens is 404 g/mol. The van der Waals surface area contributed by atoms with Gasteiger partial charge in [0.2, 0.25) is 0 Å². The lowest BCUT2D eigenvalue weighted by atomic mass is 10.1. The molecule has 5 rings (SSSR count). The number of ether oxygens (including phenoxy) is 1. The molecule has 3 aromatic rings. The van der Waals surface area contributed by atoms with Gasteiger partial charge in [-0.2, -0.15) is 0 Å². The zero-order valence-corrected chi connectivity index (χ0v) is 18.9. The molecule has 2 aliphatic rings. The van der Waals surface area contributed by atoms with Gasteiger partial charge in [0.25, 0.3) is 5.91 Å². The molecule has 2 aliphatic heterocycles. The fourth-order valence-corrected chi connectivity index (χ4v) is 4.63. The maximum atomic E-state index is 12.5. The molecule has 1 fully saturated rings. The summed E-state index contributed by atoms with van der Waals surface area (Å²) in [5, 5.41) is 0. The molecule has 2 N–H and O–H groups in total. The largest absolute Gasteiger partial charge is 0.479 e. The molecule has 4 heterocycles. The minimum atomic E-state index is -0.478. The van der Waals surface area contributed by atoms with E-state index in [-0.39, 0.29) is 5.91 Å². The Morgan fingerprint density at radius 2 is 1.88 bits per heavy atom. The van der Waals surface area contributed by atoms with Crippen LogP contribution in [0.4, 0.5) is 11.4 Å². The molecule has 2 aromatic heterocycles. The van der Waals surface area contributed by atoms with Crippen molar-refractivity contribution < 1.29 is 9.53 Å². The van der Waals surface area contributed by atoms with Gasteiger partial charge in [-0.25, -0.2) is 4.98 Å². The second-order valence-corrected chi connectivity index (χ2v) is 8.65. The number of nitrogens with zero attached hydrogens (tertiary/aromatic N) is 5. The molecule has 0 aliphatic carbocycles. The lowest BCUT2D eigenvalue weighted by Gasteiger charge is -2.34. The molecule has 0 radical (unpaired) electrons. The number of fused-ring (bicyclic) bond motifs is 2. The summed E-state index contributed by atoms with van der Waals surface area (Å²) in [5.74, 6) is 0.667. The molecule has 0 bridgehead atoms. The van der Waals surface area contributed by atoms with Crippen LogP contribution in [-0.2, 0) is 11.3 Å². The zero-order valence-electron chi connectivity index (χ0n) is 18.9. The Labute approximate surface area is 188 Å². The third-order valence-electron chi connectivity index (χ3n) is 6.60. The van der Waals surface area contributed by atoms with Crippen molar-refractivity contribution in [2.24, 2.45) is 0 Å². The summed E-state index contributed by atoms with van der Waals surface area (Å²) in [6.45, 7) is 10.1. The fraction of sp³-hybridized carbons (Fsp3) is 0.417. The van der Waals surface area contributed by atoms with Crippen molar-refractivity contribution in [3.05, 3.63) is 42.2 Å². The smallest absolute Gasteiger partial charge is 0.267 e. The number of piperazine rings is 1. The Hall–Kier alpha value is -3.10. The van der Waals surface area contributed by atoms with Gasteiger partial charge in [0.1, 0.15) is 11.4 Å². The Morgan fingerprint density at radius 3 is 2.62 bits per heavy atom. The van der Waals surface area contributed by atoms with Crippen LogP contribution in [0.1, 0.15) is 19.5 Å². The molecule has 1 atom stereocenters. The van der Waals surface area contributed by atoms with E-state index in [2.05, 4.69) is 21.1 Å². The van der Waals surface area contributed by atoms with E-state index < -0.39 is 6.10 Å². The number of nitrogen functional groups attached to an aromatic ring is 1. The monoisotopic (exact) mass is 434 g/mol. The van der Waals surface area contributed by atoms with E-state index in [0.717, 1.165) is 67.6 Å². The van der Waals surface area contributed by atoms with E-state index in [4.69, 9.17) is 15.5 Å². The quantitative estimate of drug-likeness (QED) is 0.680. The highest BCUT2D eigenvalue weighted by Crippen LogP contribution is 2.38. The number of carbonyl (C=O) groups is 1. The first-order chi connectivity index (χ1) is 15.4. The molecule has 8 heteroatoms. The number of aromatic nitrogens is 2. The summed E-state index contributed by atoms with van der Waals surface area (Å²) < 4.78 is 7.91. The first kappa shape index (κ1) is 20.8. The Kier molecular flexibility index (Phi) is 5.27. The first-order valence-corrected chi connectivity index (χ1v) is 11.2. The molecule has 0 spiro atoms. The van der Waals surface area contributed by atoms with E-state index in [1.54, 1.807) is 18.9 Å². The molecule has 0 saturated carbocycles. The van der Waals surface area contributed by atoms with Gasteiger partial charge in [-0.05, 0) is 43.8 Å². The van der Waals surface area contributed by atoms with Gasteiger partial charge in [-0.3, -0.25) is 9.69 Å². The summed E-state index contributed by atoms with van der Waals surface area (Å²) in [5.41, 5.74) is 11.4. The van der Waals surface area contributed by atoms with Crippen molar-refractivity contribution in [1.29, 1.82) is 0 Å². The second kappa shape index (κ2) is 8.11. The highest BCUT2D eigenvalue weighted by Gasteiger charge is 2.30. The minimum absolute atomic E-state index is 0.0496. The number of carbonyl (C=O) groups excluding carboxylic acids is 1. The fourth-order valence-electron chi connectivity index (χ4n) is 4.63. The summed E-state index contributed by atoms with van der Waals surface area (Å²) in [6, 6.07) is 9.80. The number of pyridine rings is 1. The third kappa shape index (κ3) is 3.59. The predicted octanol–water partition coefficient (Wildman–Crippen LogP) is 2.46. The molecule has 1 aromatic carbocycles. The van der Waals surface area contributed by atoms with Gasteiger partial charge >= 0.3 is 0 Å². The van der Waals surface area contributed by atoms with Gasteiger partial charge in [-0.1, -0.05) is 6.92 Å². The average molecular weight is 435 g/mol. The second-order valence-electron chi connectivity index (χ2n) is 8.65. The normalized spacial score (nSPS) is 19.9. The van der Waals surface area contributed by atoms with Crippen LogP contribution in [0.5, 0.6) is 5.75 Å². The zero-order chi connectivity index (χ0) is 22.4. The maximum absolute atomic E-state index is 12.5. The number of hydrogen-bond acceptors (Lipinski definition) is 6. The standard InChI is InChI=1S/C24H30N6O2/c1-4-28-9-11-29(12-10-28)15-20-23(26-22-8-6-18(25)14-30(20)22)17-5-7-21-19(13-17)27(3)24(31)16(2)32-21/h5-8,13-14,16H,4,9-12,15,25H2,1-3H3. The number of likely N-dealkylation sites (N-methyl/N-ethyl adjacent to an activating group) is 2. The van der Waals surface area contributed by atoms with Crippen LogP contribution in [0.15, 0.2) is 36.5 Å². The van der Waals surface area contributed by atoms with E-state index >= 15 is 0 Å². The molecular formula is C24H30N6O2. The van der Waals surface area contributed by atoms with Crippen molar-refractivity contribution in [2.75, 3.05) is 50.4 Å². The SMILES string of the molecule is CCN1CCN(Cc2c(-c3ccc4c(c3)N(C)C(=O)C(C)O4)nc3ccc(N)cn23)CC1. The summed E-state index contributed by atoms with van der Waals surface area (Å²) in [4.78, 5) is 24.0. The predicted molar refractivity (Wildman–Crippen MR) is 126 cm³/mol. The molecule has 1 amide bonds. The Bertz CT molecular complexity index is 1160. The molecule has 32 heavy (non-hydrogen) atoms. The number of benzene rings is 1. The van der Waals surface area contributed by atoms with Crippen LogP contribution in [-0.4, -0.2) is 71.0 Å². The third-order valence-corrected chi connectivity index (χ3v) is 6.60. The van der Waals surface area contributed by atoms with E-state index in [0.29, 0.717) is 11.4 Å². The van der Waals surface area contributed by atoms with Crippen molar-refractivity contribution >= 4 is 22.9 Å². The van der Waals surface area contributed by atoms with Crippen LogP contribution < -0.4 is 15.4 Å². The van der Waals surface area contributed by atoms with Crippen LogP contribution in [0.25, 0.3) is 16.9 Å². The molecule has 1 saturated heterocycles. The van der Waals surface area contributed by atoms with Gasteiger partial charge in [0.15, 0.2) is 6.10 Å². The summed E-state index contributed by atoms with van der Waals surface area (Å²) >= 11 is 0. The molecule has 8 nitrogen and oxygen atoms in total. The maximum Gasteiger partial charge on any atom is 0.267 e. The van der Waals surface area contributed by atoms with Gasteiger partial charge < -0.3 is 24.7 Å². The number of nitrogens with two attached hydrogens (primary N) is 1. The number of imidazole rings is 1.